The number of benzene rings is 1. The van der Waals surface area contributed by atoms with Gasteiger partial charge in [0.1, 0.15) is 22.5 Å². The molecule has 108 valence electrons. The van der Waals surface area contributed by atoms with E-state index in [9.17, 15) is 13.6 Å². The number of carbonyl (C=O) groups is 1. The maximum absolute atomic E-state index is 13.8. The molecule has 0 saturated heterocycles. The highest BCUT2D eigenvalue weighted by Crippen LogP contribution is 2.32. The third-order valence-corrected chi connectivity index (χ3v) is 4.19. The monoisotopic (exact) mass is 307 g/mol. The molecule has 1 heterocycles. The summed E-state index contributed by atoms with van der Waals surface area (Å²) in [4.78, 5) is 12.9. The van der Waals surface area contributed by atoms with Crippen LogP contribution < -0.4 is 11.1 Å². The Balaban J connectivity index is 2.43. The average molecular weight is 307 g/mol. The van der Waals surface area contributed by atoms with Crippen molar-refractivity contribution in [2.24, 2.45) is 0 Å². The quantitative estimate of drug-likeness (QED) is 0.835. The number of carbonyl (C=O) groups excluding carboxylic acids is 1. The van der Waals surface area contributed by atoms with Gasteiger partial charge in [0, 0.05) is 4.88 Å². The third-order valence-electron chi connectivity index (χ3n) is 3.07. The number of nitrogen functional groups attached to an aromatic ring is 1. The van der Waals surface area contributed by atoms with E-state index in [4.69, 9.17) is 11.0 Å². The lowest BCUT2D eigenvalue weighted by molar-refractivity contribution is 0.101. The van der Waals surface area contributed by atoms with E-state index in [-0.39, 0.29) is 16.3 Å². The fourth-order valence-electron chi connectivity index (χ4n) is 1.79. The number of rotatable bonds is 2. The minimum absolute atomic E-state index is 0.263. The molecule has 0 bridgehead atoms. The molecule has 0 aliphatic rings. The topological polar surface area (TPSA) is 78.9 Å². The van der Waals surface area contributed by atoms with Gasteiger partial charge in [0.25, 0.3) is 5.91 Å². The maximum Gasteiger partial charge on any atom is 0.262 e. The first-order valence-electron chi connectivity index (χ1n) is 5.91. The second kappa shape index (κ2) is 5.50. The molecule has 0 aliphatic heterocycles. The van der Waals surface area contributed by atoms with Crippen LogP contribution in [0.1, 0.15) is 26.4 Å². The Morgan fingerprint density at radius 2 is 2.05 bits per heavy atom. The zero-order valence-electron chi connectivity index (χ0n) is 11.3. The van der Waals surface area contributed by atoms with Gasteiger partial charge in [-0.25, -0.2) is 8.78 Å². The maximum atomic E-state index is 13.8. The van der Waals surface area contributed by atoms with Crippen LogP contribution >= 0.6 is 11.3 Å². The molecule has 0 saturated carbocycles. The van der Waals surface area contributed by atoms with Crippen molar-refractivity contribution in [3.05, 3.63) is 45.3 Å². The van der Waals surface area contributed by atoms with E-state index in [0.29, 0.717) is 0 Å². The number of hydrogen-bond acceptors (Lipinski definition) is 4. The molecule has 2 aromatic rings. The Bertz CT molecular complexity index is 778. The average Bonchev–Trinajstić information content (AvgIpc) is 2.69. The van der Waals surface area contributed by atoms with Gasteiger partial charge < -0.3 is 11.1 Å². The Morgan fingerprint density at radius 1 is 1.38 bits per heavy atom. The number of amides is 1. The van der Waals surface area contributed by atoms with Crippen LogP contribution in [0.3, 0.4) is 0 Å². The van der Waals surface area contributed by atoms with Crippen molar-refractivity contribution in [1.82, 2.24) is 0 Å². The molecule has 0 aliphatic carbocycles. The molecule has 21 heavy (non-hydrogen) atoms. The molecule has 0 radical (unpaired) electrons. The number of nitrogens with two attached hydrogens (primary N) is 1. The van der Waals surface area contributed by atoms with Gasteiger partial charge in [-0.3, -0.25) is 4.79 Å². The molecule has 7 heteroatoms. The predicted octanol–water partition coefficient (Wildman–Crippen LogP) is 3.35. The zero-order valence-corrected chi connectivity index (χ0v) is 12.1. The van der Waals surface area contributed by atoms with Crippen LogP contribution in [0, 0.1) is 36.8 Å². The fourth-order valence-corrected chi connectivity index (χ4v) is 2.80. The van der Waals surface area contributed by atoms with Crippen LogP contribution in [0.15, 0.2) is 12.1 Å². The first-order chi connectivity index (χ1) is 9.86. The van der Waals surface area contributed by atoms with Crippen LogP contribution in [0.2, 0.25) is 0 Å². The summed E-state index contributed by atoms with van der Waals surface area (Å²) < 4.78 is 27.4. The van der Waals surface area contributed by atoms with Gasteiger partial charge in [-0.05, 0) is 31.5 Å². The van der Waals surface area contributed by atoms with Gasteiger partial charge >= 0.3 is 0 Å². The highest BCUT2D eigenvalue weighted by Gasteiger charge is 2.22. The van der Waals surface area contributed by atoms with Gasteiger partial charge in [-0.15, -0.1) is 11.3 Å². The molecule has 0 unspecified atom stereocenters. The van der Waals surface area contributed by atoms with Crippen molar-refractivity contribution >= 4 is 27.9 Å². The molecule has 0 atom stereocenters. The molecular formula is C14H11F2N3OS. The molecule has 4 nitrogen and oxygen atoms in total. The number of nitriles is 1. The van der Waals surface area contributed by atoms with E-state index >= 15 is 0 Å². The van der Waals surface area contributed by atoms with E-state index in [1.807, 2.05) is 6.07 Å². The van der Waals surface area contributed by atoms with E-state index in [2.05, 4.69) is 5.32 Å². The van der Waals surface area contributed by atoms with Gasteiger partial charge in [0.05, 0.1) is 11.3 Å². The van der Waals surface area contributed by atoms with Gasteiger partial charge in [-0.1, -0.05) is 0 Å². The standard InChI is InChI=1S/C14H11F2N3OS/c1-6-7(2)21-14(8(6)5-17)19-13(20)11-9(15)3-4-10(18)12(11)16/h3-4H,18H2,1-2H3,(H,19,20). The van der Waals surface area contributed by atoms with Crippen molar-refractivity contribution < 1.29 is 13.6 Å². The fraction of sp³-hybridized carbons (Fsp3) is 0.143. The van der Waals surface area contributed by atoms with E-state index in [1.165, 1.54) is 11.3 Å². The number of hydrogen-bond donors (Lipinski definition) is 2. The molecule has 3 N–H and O–H groups in total. The van der Waals surface area contributed by atoms with Gasteiger partial charge in [0.2, 0.25) is 0 Å². The molecule has 2 rings (SSSR count). The molecule has 1 amide bonds. The molecule has 0 fully saturated rings. The van der Waals surface area contributed by atoms with Crippen molar-refractivity contribution in [3.63, 3.8) is 0 Å². The summed E-state index contributed by atoms with van der Waals surface area (Å²) in [6, 6.07) is 3.93. The summed E-state index contributed by atoms with van der Waals surface area (Å²) in [7, 11) is 0. The minimum Gasteiger partial charge on any atom is -0.396 e. The van der Waals surface area contributed by atoms with Crippen molar-refractivity contribution in [1.29, 1.82) is 5.26 Å². The van der Waals surface area contributed by atoms with Crippen LogP contribution in [0.25, 0.3) is 0 Å². The largest absolute Gasteiger partial charge is 0.396 e. The summed E-state index contributed by atoms with van der Waals surface area (Å²) in [5.74, 6) is -3.10. The van der Waals surface area contributed by atoms with E-state index in [0.717, 1.165) is 22.6 Å². The first-order valence-corrected chi connectivity index (χ1v) is 6.73. The summed E-state index contributed by atoms with van der Waals surface area (Å²) in [6.07, 6.45) is 0. The van der Waals surface area contributed by atoms with Crippen molar-refractivity contribution in [2.75, 3.05) is 11.1 Å². The molecule has 1 aromatic carbocycles. The number of nitrogens with one attached hydrogen (secondary N) is 1. The smallest absolute Gasteiger partial charge is 0.262 e. The highest BCUT2D eigenvalue weighted by molar-refractivity contribution is 7.16. The Hall–Kier alpha value is -2.46. The number of anilines is 2. The number of halogens is 2. The van der Waals surface area contributed by atoms with E-state index in [1.54, 1.807) is 13.8 Å². The summed E-state index contributed by atoms with van der Waals surface area (Å²) >= 11 is 1.17. The van der Waals surface area contributed by atoms with Crippen molar-refractivity contribution in [3.8, 4) is 6.07 Å². The van der Waals surface area contributed by atoms with Crippen LogP contribution in [-0.4, -0.2) is 5.91 Å². The number of nitrogens with zero attached hydrogens (tertiary/aromatic N) is 1. The van der Waals surface area contributed by atoms with Crippen LogP contribution in [0.5, 0.6) is 0 Å². The second-order valence-corrected chi connectivity index (χ2v) is 5.60. The predicted molar refractivity (Wildman–Crippen MR) is 77.2 cm³/mol. The molecule has 0 spiro atoms. The molecule has 1 aromatic heterocycles. The Labute approximate surface area is 123 Å². The summed E-state index contributed by atoms with van der Waals surface area (Å²) in [6.45, 7) is 3.53. The third kappa shape index (κ3) is 2.58. The Morgan fingerprint density at radius 3 is 2.67 bits per heavy atom. The minimum atomic E-state index is -1.11. The summed E-state index contributed by atoms with van der Waals surface area (Å²) in [5.41, 5.74) is 5.27. The molecular weight excluding hydrogens is 296 g/mol. The SMILES string of the molecule is Cc1sc(NC(=O)c2c(F)ccc(N)c2F)c(C#N)c1C. The van der Waals surface area contributed by atoms with Gasteiger partial charge in [0.15, 0.2) is 5.82 Å². The normalized spacial score (nSPS) is 10.2. The van der Waals surface area contributed by atoms with Crippen LogP contribution in [-0.2, 0) is 0 Å². The van der Waals surface area contributed by atoms with Gasteiger partial charge in [-0.2, -0.15) is 5.26 Å². The van der Waals surface area contributed by atoms with E-state index < -0.39 is 23.1 Å². The van der Waals surface area contributed by atoms with Crippen LogP contribution in [0.4, 0.5) is 19.5 Å². The number of aryl methyl sites for hydroxylation is 1. The lowest BCUT2D eigenvalue weighted by atomic mass is 10.1. The highest BCUT2D eigenvalue weighted by atomic mass is 32.1. The lowest BCUT2D eigenvalue weighted by Crippen LogP contribution is -2.16. The second-order valence-electron chi connectivity index (χ2n) is 4.38. The zero-order chi connectivity index (χ0) is 15.7. The van der Waals surface area contributed by atoms with Crippen molar-refractivity contribution in [2.45, 2.75) is 13.8 Å². The number of thiophene rings is 1. The lowest BCUT2D eigenvalue weighted by Gasteiger charge is -2.07. The first kappa shape index (κ1) is 14.9. The Kier molecular flexibility index (Phi) is 3.91. The summed E-state index contributed by atoms with van der Waals surface area (Å²) in [5, 5.41) is 11.7.